The van der Waals surface area contributed by atoms with Crippen LogP contribution in [0, 0.1) is 13.8 Å². The van der Waals surface area contributed by atoms with E-state index in [4.69, 9.17) is 11.6 Å². The molecule has 0 aliphatic heterocycles. The van der Waals surface area contributed by atoms with Gasteiger partial charge in [-0.3, -0.25) is 14.9 Å². The molecule has 1 heterocycles. The van der Waals surface area contributed by atoms with Gasteiger partial charge in [0, 0.05) is 16.3 Å². The van der Waals surface area contributed by atoms with Gasteiger partial charge in [-0.1, -0.05) is 41.1 Å². The topological polar surface area (TPSA) is 71.1 Å². The van der Waals surface area contributed by atoms with Gasteiger partial charge in [0.25, 0.3) is 11.8 Å². The fourth-order valence-corrected chi connectivity index (χ4v) is 3.36. The summed E-state index contributed by atoms with van der Waals surface area (Å²) in [6.45, 7) is 3.60. The molecule has 132 valence electrons. The number of halogens is 1. The first-order valence-corrected chi connectivity index (χ1v) is 9.05. The first kappa shape index (κ1) is 18.1. The van der Waals surface area contributed by atoms with Gasteiger partial charge in [0.15, 0.2) is 5.13 Å². The largest absolute Gasteiger partial charge is 0.321 e. The summed E-state index contributed by atoms with van der Waals surface area (Å²) in [7, 11) is 0. The Morgan fingerprint density at radius 1 is 0.962 bits per heavy atom. The first-order chi connectivity index (χ1) is 12.4. The molecule has 2 amide bonds. The lowest BCUT2D eigenvalue weighted by molar-refractivity contribution is 0.101. The maximum atomic E-state index is 12.5. The molecule has 26 heavy (non-hydrogen) atoms. The molecule has 3 aromatic rings. The van der Waals surface area contributed by atoms with Crippen molar-refractivity contribution in [3.8, 4) is 0 Å². The zero-order valence-electron chi connectivity index (χ0n) is 14.2. The summed E-state index contributed by atoms with van der Waals surface area (Å²) in [4.78, 5) is 29.6. The number of hydrogen-bond acceptors (Lipinski definition) is 4. The smallest absolute Gasteiger partial charge is 0.267 e. The summed E-state index contributed by atoms with van der Waals surface area (Å²) in [5.41, 5.74) is 2.64. The Kier molecular flexibility index (Phi) is 5.35. The number of nitrogens with zero attached hydrogens (tertiary/aromatic N) is 1. The van der Waals surface area contributed by atoms with Crippen LogP contribution in [0.5, 0.6) is 0 Å². The van der Waals surface area contributed by atoms with Crippen LogP contribution in [0.15, 0.2) is 48.5 Å². The van der Waals surface area contributed by atoms with E-state index in [0.717, 1.165) is 16.9 Å². The molecule has 0 unspecified atom stereocenters. The Morgan fingerprint density at radius 2 is 1.65 bits per heavy atom. The fourth-order valence-electron chi connectivity index (χ4n) is 2.37. The number of nitrogens with one attached hydrogen (secondary N) is 2. The van der Waals surface area contributed by atoms with Crippen LogP contribution in [0.25, 0.3) is 0 Å². The Hall–Kier alpha value is -2.70. The van der Waals surface area contributed by atoms with Crippen LogP contribution in [0.1, 0.15) is 31.3 Å². The van der Waals surface area contributed by atoms with E-state index in [0.29, 0.717) is 32.0 Å². The van der Waals surface area contributed by atoms with Crippen LogP contribution >= 0.6 is 22.9 Å². The number of aryl methyl sites for hydroxylation is 2. The summed E-state index contributed by atoms with van der Waals surface area (Å²) >= 11 is 6.98. The lowest BCUT2D eigenvalue weighted by Crippen LogP contribution is -2.13. The van der Waals surface area contributed by atoms with Gasteiger partial charge in [0.2, 0.25) is 0 Å². The molecule has 0 aliphatic carbocycles. The number of carbonyl (C=O) groups excluding carboxylic acids is 2. The number of hydrogen-bond donors (Lipinski definition) is 2. The molecule has 7 heteroatoms. The Morgan fingerprint density at radius 3 is 2.35 bits per heavy atom. The maximum Gasteiger partial charge on any atom is 0.267 e. The zero-order valence-corrected chi connectivity index (χ0v) is 15.7. The van der Waals surface area contributed by atoms with Crippen molar-refractivity contribution in [2.45, 2.75) is 13.8 Å². The third-order valence-corrected chi connectivity index (χ3v) is 5.04. The van der Waals surface area contributed by atoms with E-state index in [1.807, 2.05) is 19.1 Å². The molecular formula is C19H16ClN3O2S. The standard InChI is InChI=1S/C19H16ClN3O2S/c1-11-5-3-4-6-15(11)17(24)23-19-21-12(2)16(26-19)18(25)22-14-9-7-13(20)8-10-14/h3-10H,1-2H3,(H,22,25)(H,21,23,24). The van der Waals surface area contributed by atoms with E-state index in [2.05, 4.69) is 15.6 Å². The Balaban J connectivity index is 1.74. The normalized spacial score (nSPS) is 10.4. The van der Waals surface area contributed by atoms with E-state index in [-0.39, 0.29) is 11.8 Å². The molecule has 2 aromatic carbocycles. The van der Waals surface area contributed by atoms with E-state index >= 15 is 0 Å². The van der Waals surface area contributed by atoms with Crippen LogP contribution in [-0.4, -0.2) is 16.8 Å². The van der Waals surface area contributed by atoms with Crippen molar-refractivity contribution in [3.05, 3.63) is 75.3 Å². The second-order valence-corrected chi connectivity index (χ2v) is 7.10. The zero-order chi connectivity index (χ0) is 18.7. The number of carbonyl (C=O) groups is 2. The first-order valence-electron chi connectivity index (χ1n) is 7.85. The molecule has 0 bridgehead atoms. The van der Waals surface area contributed by atoms with Crippen molar-refractivity contribution < 1.29 is 9.59 Å². The third-order valence-electron chi connectivity index (χ3n) is 3.72. The van der Waals surface area contributed by atoms with E-state index in [9.17, 15) is 9.59 Å². The molecular weight excluding hydrogens is 370 g/mol. The van der Waals surface area contributed by atoms with Gasteiger partial charge in [-0.15, -0.1) is 0 Å². The molecule has 0 radical (unpaired) electrons. The predicted molar refractivity (Wildman–Crippen MR) is 105 cm³/mol. The minimum atomic E-state index is -0.279. The predicted octanol–water partition coefficient (Wildman–Crippen LogP) is 4.92. The van der Waals surface area contributed by atoms with Crippen LogP contribution in [0.3, 0.4) is 0 Å². The Bertz CT molecular complexity index is 967. The lowest BCUT2D eigenvalue weighted by Gasteiger charge is -2.04. The molecule has 1 aromatic heterocycles. The quantitative estimate of drug-likeness (QED) is 0.669. The second kappa shape index (κ2) is 7.68. The second-order valence-electron chi connectivity index (χ2n) is 5.66. The molecule has 0 aliphatic rings. The van der Waals surface area contributed by atoms with Crippen molar-refractivity contribution in [2.75, 3.05) is 10.6 Å². The van der Waals surface area contributed by atoms with Crippen LogP contribution < -0.4 is 10.6 Å². The van der Waals surface area contributed by atoms with Crippen molar-refractivity contribution in [1.29, 1.82) is 0 Å². The van der Waals surface area contributed by atoms with Crippen LogP contribution in [0.4, 0.5) is 10.8 Å². The molecule has 0 atom stereocenters. The summed E-state index contributed by atoms with van der Waals surface area (Å²) < 4.78 is 0. The molecule has 0 fully saturated rings. The fraction of sp³-hybridized carbons (Fsp3) is 0.105. The van der Waals surface area contributed by atoms with Crippen LogP contribution in [0.2, 0.25) is 5.02 Å². The third kappa shape index (κ3) is 4.09. The average molecular weight is 386 g/mol. The number of benzene rings is 2. The summed E-state index contributed by atoms with van der Waals surface area (Å²) in [5.74, 6) is -0.528. The number of thiazole rings is 1. The van der Waals surface area contributed by atoms with Crippen molar-refractivity contribution >= 4 is 45.6 Å². The van der Waals surface area contributed by atoms with Crippen molar-refractivity contribution in [3.63, 3.8) is 0 Å². The highest BCUT2D eigenvalue weighted by molar-refractivity contribution is 7.17. The number of amides is 2. The molecule has 0 spiro atoms. The minimum absolute atomic E-state index is 0.249. The van der Waals surface area contributed by atoms with Crippen molar-refractivity contribution in [1.82, 2.24) is 4.98 Å². The monoisotopic (exact) mass is 385 g/mol. The van der Waals surface area contributed by atoms with Gasteiger partial charge in [-0.05, 0) is 49.7 Å². The van der Waals surface area contributed by atoms with Gasteiger partial charge in [-0.2, -0.15) is 0 Å². The summed E-state index contributed by atoms with van der Waals surface area (Å²) in [5, 5.41) is 6.53. The summed E-state index contributed by atoms with van der Waals surface area (Å²) in [6.07, 6.45) is 0. The maximum absolute atomic E-state index is 12.5. The van der Waals surface area contributed by atoms with E-state index in [1.54, 1.807) is 43.3 Å². The van der Waals surface area contributed by atoms with Gasteiger partial charge in [0.05, 0.1) is 5.69 Å². The van der Waals surface area contributed by atoms with E-state index in [1.165, 1.54) is 0 Å². The van der Waals surface area contributed by atoms with Crippen LogP contribution in [-0.2, 0) is 0 Å². The Labute approximate surface area is 160 Å². The molecule has 5 nitrogen and oxygen atoms in total. The molecule has 0 saturated carbocycles. The van der Waals surface area contributed by atoms with E-state index < -0.39 is 0 Å². The number of anilines is 2. The highest BCUT2D eigenvalue weighted by Crippen LogP contribution is 2.25. The molecule has 2 N–H and O–H groups in total. The average Bonchev–Trinajstić information content (AvgIpc) is 2.97. The summed E-state index contributed by atoms with van der Waals surface area (Å²) in [6, 6.07) is 14.1. The highest BCUT2D eigenvalue weighted by atomic mass is 35.5. The SMILES string of the molecule is Cc1ccccc1C(=O)Nc1nc(C)c(C(=O)Nc2ccc(Cl)cc2)s1. The van der Waals surface area contributed by atoms with Gasteiger partial charge >= 0.3 is 0 Å². The lowest BCUT2D eigenvalue weighted by atomic mass is 10.1. The molecule has 3 rings (SSSR count). The van der Waals surface area contributed by atoms with Gasteiger partial charge in [0.1, 0.15) is 4.88 Å². The number of aromatic nitrogens is 1. The van der Waals surface area contributed by atoms with Crippen molar-refractivity contribution in [2.24, 2.45) is 0 Å². The van der Waals surface area contributed by atoms with Gasteiger partial charge < -0.3 is 5.32 Å². The highest BCUT2D eigenvalue weighted by Gasteiger charge is 2.18. The molecule has 0 saturated heterocycles. The number of rotatable bonds is 4. The van der Waals surface area contributed by atoms with Gasteiger partial charge in [-0.25, -0.2) is 4.98 Å². The minimum Gasteiger partial charge on any atom is -0.321 e.